The first-order chi connectivity index (χ1) is 9.74. The standard InChI is InChI=1S/C16H23N3O/c1-4-15-14(11-19(2)18-15)10-17-16(12-20-3)13-8-6-5-7-9-13/h5-9,11,16-17H,4,10,12H2,1-3H3. The summed E-state index contributed by atoms with van der Waals surface area (Å²) in [6.07, 6.45) is 3.04. The van der Waals surface area contributed by atoms with Gasteiger partial charge >= 0.3 is 0 Å². The van der Waals surface area contributed by atoms with Gasteiger partial charge in [-0.05, 0) is 12.0 Å². The van der Waals surface area contributed by atoms with Crippen LogP contribution in [-0.4, -0.2) is 23.5 Å². The van der Waals surface area contributed by atoms with Crippen molar-refractivity contribution in [3.8, 4) is 0 Å². The third-order valence-corrected chi connectivity index (χ3v) is 3.40. The van der Waals surface area contributed by atoms with Crippen molar-refractivity contribution in [1.82, 2.24) is 15.1 Å². The second-order valence-electron chi connectivity index (χ2n) is 4.93. The first kappa shape index (κ1) is 14.8. The largest absolute Gasteiger partial charge is 0.383 e. The van der Waals surface area contributed by atoms with E-state index in [2.05, 4.69) is 47.8 Å². The molecule has 0 amide bonds. The summed E-state index contributed by atoms with van der Waals surface area (Å²) in [6, 6.07) is 10.6. The molecule has 0 aliphatic carbocycles. The highest BCUT2D eigenvalue weighted by Crippen LogP contribution is 2.15. The van der Waals surface area contributed by atoms with Gasteiger partial charge in [0.25, 0.3) is 0 Å². The van der Waals surface area contributed by atoms with Crippen molar-refractivity contribution >= 4 is 0 Å². The van der Waals surface area contributed by atoms with Gasteiger partial charge in [0.05, 0.1) is 18.3 Å². The lowest BCUT2D eigenvalue weighted by molar-refractivity contribution is 0.166. The molecule has 20 heavy (non-hydrogen) atoms. The maximum Gasteiger partial charge on any atom is 0.0666 e. The number of hydrogen-bond acceptors (Lipinski definition) is 3. The summed E-state index contributed by atoms with van der Waals surface area (Å²) >= 11 is 0. The lowest BCUT2D eigenvalue weighted by Crippen LogP contribution is -2.25. The summed E-state index contributed by atoms with van der Waals surface area (Å²) in [7, 11) is 3.70. The fourth-order valence-electron chi connectivity index (χ4n) is 2.39. The number of rotatable bonds is 7. The van der Waals surface area contributed by atoms with E-state index in [4.69, 9.17) is 4.74 Å². The molecule has 1 heterocycles. The van der Waals surface area contributed by atoms with E-state index < -0.39 is 0 Å². The van der Waals surface area contributed by atoms with Crippen molar-refractivity contribution in [1.29, 1.82) is 0 Å². The van der Waals surface area contributed by atoms with Crippen LogP contribution in [0, 0.1) is 0 Å². The number of nitrogens with one attached hydrogen (secondary N) is 1. The molecule has 1 N–H and O–H groups in total. The van der Waals surface area contributed by atoms with Gasteiger partial charge in [0, 0.05) is 32.5 Å². The van der Waals surface area contributed by atoms with Gasteiger partial charge in [0.15, 0.2) is 0 Å². The molecule has 0 aliphatic rings. The Morgan fingerprint density at radius 2 is 2.05 bits per heavy atom. The number of aromatic nitrogens is 2. The number of aryl methyl sites for hydroxylation is 2. The summed E-state index contributed by atoms with van der Waals surface area (Å²) in [5.74, 6) is 0. The van der Waals surface area contributed by atoms with Crippen molar-refractivity contribution in [2.24, 2.45) is 7.05 Å². The lowest BCUT2D eigenvalue weighted by atomic mass is 10.1. The van der Waals surface area contributed by atoms with Crippen molar-refractivity contribution in [3.05, 3.63) is 53.3 Å². The van der Waals surface area contributed by atoms with Crippen LogP contribution in [0.4, 0.5) is 0 Å². The van der Waals surface area contributed by atoms with Crippen LogP contribution < -0.4 is 5.32 Å². The Hall–Kier alpha value is -1.65. The molecule has 1 atom stereocenters. The number of ether oxygens (including phenoxy) is 1. The summed E-state index contributed by atoms with van der Waals surface area (Å²) in [5, 5.41) is 8.03. The molecule has 1 aromatic carbocycles. The minimum Gasteiger partial charge on any atom is -0.383 e. The zero-order valence-corrected chi connectivity index (χ0v) is 12.5. The predicted octanol–water partition coefficient (Wildman–Crippen LogP) is 2.46. The molecule has 4 heteroatoms. The Kier molecular flexibility index (Phi) is 5.32. The van der Waals surface area contributed by atoms with E-state index in [9.17, 15) is 0 Å². The quantitative estimate of drug-likeness (QED) is 0.842. The monoisotopic (exact) mass is 273 g/mol. The smallest absolute Gasteiger partial charge is 0.0666 e. The van der Waals surface area contributed by atoms with Gasteiger partial charge in [-0.15, -0.1) is 0 Å². The van der Waals surface area contributed by atoms with Crippen LogP contribution in [-0.2, 0) is 24.8 Å². The van der Waals surface area contributed by atoms with Crippen LogP contribution in [0.15, 0.2) is 36.5 Å². The zero-order chi connectivity index (χ0) is 14.4. The van der Waals surface area contributed by atoms with Crippen LogP contribution in [0.1, 0.15) is 29.8 Å². The van der Waals surface area contributed by atoms with E-state index in [0.29, 0.717) is 6.61 Å². The van der Waals surface area contributed by atoms with Gasteiger partial charge in [0.2, 0.25) is 0 Å². The molecule has 0 saturated carbocycles. The average Bonchev–Trinajstić information content (AvgIpc) is 2.84. The Labute approximate surface area is 120 Å². The summed E-state index contributed by atoms with van der Waals surface area (Å²) in [4.78, 5) is 0. The van der Waals surface area contributed by atoms with Gasteiger partial charge in [-0.25, -0.2) is 0 Å². The van der Waals surface area contributed by atoms with Gasteiger partial charge < -0.3 is 10.1 Å². The van der Waals surface area contributed by atoms with Crippen LogP contribution in [0.25, 0.3) is 0 Å². The van der Waals surface area contributed by atoms with Gasteiger partial charge in [-0.1, -0.05) is 37.3 Å². The predicted molar refractivity (Wildman–Crippen MR) is 80.5 cm³/mol. The Morgan fingerprint density at radius 3 is 2.70 bits per heavy atom. The van der Waals surface area contributed by atoms with Crippen molar-refractivity contribution in [3.63, 3.8) is 0 Å². The maximum absolute atomic E-state index is 5.33. The highest BCUT2D eigenvalue weighted by Gasteiger charge is 2.12. The second-order valence-corrected chi connectivity index (χ2v) is 4.93. The Morgan fingerprint density at radius 1 is 1.30 bits per heavy atom. The highest BCUT2D eigenvalue weighted by atomic mass is 16.5. The first-order valence-corrected chi connectivity index (χ1v) is 7.03. The molecule has 2 rings (SSSR count). The number of nitrogens with zero attached hydrogens (tertiary/aromatic N) is 2. The zero-order valence-electron chi connectivity index (χ0n) is 12.5. The molecule has 0 radical (unpaired) electrons. The van der Waals surface area contributed by atoms with E-state index in [-0.39, 0.29) is 6.04 Å². The van der Waals surface area contributed by atoms with Crippen LogP contribution >= 0.6 is 0 Å². The van der Waals surface area contributed by atoms with Gasteiger partial charge in [-0.3, -0.25) is 4.68 Å². The molecule has 0 saturated heterocycles. The number of hydrogen-bond donors (Lipinski definition) is 1. The fourth-order valence-corrected chi connectivity index (χ4v) is 2.39. The van der Waals surface area contributed by atoms with Crippen LogP contribution in [0.3, 0.4) is 0 Å². The van der Waals surface area contributed by atoms with Crippen LogP contribution in [0.5, 0.6) is 0 Å². The summed E-state index contributed by atoms with van der Waals surface area (Å²) < 4.78 is 7.20. The average molecular weight is 273 g/mol. The second kappa shape index (κ2) is 7.22. The molecule has 0 aliphatic heterocycles. The molecule has 0 bridgehead atoms. The lowest BCUT2D eigenvalue weighted by Gasteiger charge is -2.18. The maximum atomic E-state index is 5.33. The number of methoxy groups -OCH3 is 1. The Balaban J connectivity index is 2.05. The number of benzene rings is 1. The van der Waals surface area contributed by atoms with E-state index >= 15 is 0 Å². The van der Waals surface area contributed by atoms with Crippen molar-refractivity contribution < 1.29 is 4.74 Å². The minimum absolute atomic E-state index is 0.200. The fraction of sp³-hybridized carbons (Fsp3) is 0.438. The topological polar surface area (TPSA) is 39.1 Å². The van der Waals surface area contributed by atoms with Gasteiger partial charge in [-0.2, -0.15) is 5.10 Å². The molecule has 0 spiro atoms. The summed E-state index contributed by atoms with van der Waals surface area (Å²) in [5.41, 5.74) is 3.66. The van der Waals surface area contributed by atoms with Crippen LogP contribution in [0.2, 0.25) is 0 Å². The summed E-state index contributed by atoms with van der Waals surface area (Å²) in [6.45, 7) is 3.60. The van der Waals surface area contributed by atoms with Gasteiger partial charge in [0.1, 0.15) is 0 Å². The van der Waals surface area contributed by atoms with Crippen molar-refractivity contribution in [2.45, 2.75) is 25.9 Å². The van der Waals surface area contributed by atoms with E-state index in [1.54, 1.807) is 7.11 Å². The molecule has 108 valence electrons. The normalized spacial score (nSPS) is 12.6. The SMILES string of the molecule is CCc1nn(C)cc1CNC(COC)c1ccccc1. The first-order valence-electron chi connectivity index (χ1n) is 7.03. The molecule has 2 aromatic rings. The van der Waals surface area contributed by atoms with Crippen molar-refractivity contribution in [2.75, 3.05) is 13.7 Å². The van der Waals surface area contributed by atoms with E-state index in [1.165, 1.54) is 11.1 Å². The molecule has 0 fully saturated rings. The molecule has 4 nitrogen and oxygen atoms in total. The Bertz CT molecular complexity index is 522. The molecule has 1 unspecified atom stereocenters. The third kappa shape index (κ3) is 3.68. The molecule has 1 aromatic heterocycles. The molecular formula is C16H23N3O. The minimum atomic E-state index is 0.200. The molecular weight excluding hydrogens is 250 g/mol. The highest BCUT2D eigenvalue weighted by molar-refractivity contribution is 5.21. The van der Waals surface area contributed by atoms with E-state index in [0.717, 1.165) is 18.7 Å². The third-order valence-electron chi connectivity index (χ3n) is 3.40. The van der Waals surface area contributed by atoms with E-state index in [1.807, 2.05) is 17.8 Å².